The van der Waals surface area contributed by atoms with Crippen LogP contribution in [0.25, 0.3) is 0 Å². The highest BCUT2D eigenvalue weighted by molar-refractivity contribution is 5.96. The zero-order chi connectivity index (χ0) is 11.3. The van der Waals surface area contributed by atoms with Gasteiger partial charge in [0.2, 0.25) is 5.91 Å². The predicted molar refractivity (Wildman–Crippen MR) is 55.2 cm³/mol. The normalized spacial score (nSPS) is 10.0. The van der Waals surface area contributed by atoms with Crippen molar-refractivity contribution in [1.29, 1.82) is 0 Å². The summed E-state index contributed by atoms with van der Waals surface area (Å²) in [6.45, 7) is 1.94. The number of carbonyl (C=O) groups excluding carboxylic acids is 2. The number of Topliss-reactive ketones (excluding diaryl/α,β-unsaturated/α-hetero) is 1. The van der Waals surface area contributed by atoms with Gasteiger partial charge >= 0.3 is 0 Å². The summed E-state index contributed by atoms with van der Waals surface area (Å²) in [5.41, 5.74) is 1.05. The summed E-state index contributed by atoms with van der Waals surface area (Å²) >= 11 is 0. The highest BCUT2D eigenvalue weighted by Gasteiger charge is 2.04. The minimum Gasteiger partial charge on any atom is -0.355 e. The van der Waals surface area contributed by atoms with Gasteiger partial charge in [0.25, 0.3) is 0 Å². The fourth-order valence-electron chi connectivity index (χ4n) is 1.27. The second-order valence-corrected chi connectivity index (χ2v) is 3.42. The lowest BCUT2D eigenvalue weighted by atomic mass is 10.2. The van der Waals surface area contributed by atoms with E-state index in [1.807, 2.05) is 13.1 Å². The molecule has 1 aromatic heterocycles. The maximum absolute atomic E-state index is 11.1. The van der Waals surface area contributed by atoms with Crippen molar-refractivity contribution >= 4 is 11.7 Å². The molecule has 0 aliphatic rings. The Bertz CT molecular complexity index is 357. The molecule has 5 heteroatoms. The maximum atomic E-state index is 11.1. The van der Waals surface area contributed by atoms with Crippen LogP contribution in [-0.4, -0.2) is 28.0 Å². The lowest BCUT2D eigenvalue weighted by molar-refractivity contribution is -0.127. The molecule has 0 spiro atoms. The lowest BCUT2D eigenvalue weighted by Gasteiger charge is -2.04. The number of ketones is 1. The summed E-state index contributed by atoms with van der Waals surface area (Å²) in [5, 5.41) is 6.69. The summed E-state index contributed by atoms with van der Waals surface area (Å²) < 4.78 is 1.76. The third-order valence-electron chi connectivity index (χ3n) is 2.04. The molecule has 0 bridgehead atoms. The van der Waals surface area contributed by atoms with Crippen molar-refractivity contribution in [1.82, 2.24) is 15.1 Å². The van der Waals surface area contributed by atoms with E-state index in [4.69, 9.17) is 0 Å². The van der Waals surface area contributed by atoms with Gasteiger partial charge in [-0.3, -0.25) is 14.3 Å². The quantitative estimate of drug-likeness (QED) is 0.697. The number of carbonyl (C=O) groups is 2. The van der Waals surface area contributed by atoms with Crippen molar-refractivity contribution in [3.8, 4) is 0 Å². The molecule has 82 valence electrons. The summed E-state index contributed by atoms with van der Waals surface area (Å²) in [7, 11) is 1.85. The number of hydrogen-bond donors (Lipinski definition) is 1. The molecule has 1 amide bonds. The fraction of sp³-hybridized carbons (Fsp3) is 0.500. The van der Waals surface area contributed by atoms with Crippen molar-refractivity contribution in [3.63, 3.8) is 0 Å². The van der Waals surface area contributed by atoms with E-state index in [2.05, 4.69) is 10.4 Å². The number of nitrogens with one attached hydrogen (secondary N) is 1. The zero-order valence-corrected chi connectivity index (χ0v) is 8.99. The van der Waals surface area contributed by atoms with Crippen LogP contribution in [0.5, 0.6) is 0 Å². The molecule has 0 atom stereocenters. The Balaban J connectivity index is 2.25. The van der Waals surface area contributed by atoms with Gasteiger partial charge in [0, 0.05) is 31.9 Å². The van der Waals surface area contributed by atoms with Gasteiger partial charge < -0.3 is 5.32 Å². The minimum atomic E-state index is -0.218. The molecule has 1 N–H and O–H groups in total. The molecule has 0 unspecified atom stereocenters. The predicted octanol–water partition coefficient (Wildman–Crippen LogP) is 0.0579. The number of amides is 1. The second-order valence-electron chi connectivity index (χ2n) is 3.42. The smallest absolute Gasteiger partial charge is 0.227 e. The first-order valence-electron chi connectivity index (χ1n) is 4.82. The lowest BCUT2D eigenvalue weighted by Crippen LogP contribution is -2.27. The largest absolute Gasteiger partial charge is 0.355 e. The van der Waals surface area contributed by atoms with Crippen molar-refractivity contribution in [3.05, 3.63) is 18.0 Å². The zero-order valence-electron chi connectivity index (χ0n) is 8.99. The molecule has 15 heavy (non-hydrogen) atoms. The van der Waals surface area contributed by atoms with Crippen LogP contribution in [0.15, 0.2) is 12.3 Å². The molecule has 0 aromatic carbocycles. The molecule has 5 nitrogen and oxygen atoms in total. The van der Waals surface area contributed by atoms with Crippen molar-refractivity contribution < 1.29 is 9.59 Å². The summed E-state index contributed by atoms with van der Waals surface area (Å²) in [6, 6.07) is 1.90. The standard InChI is InChI=1S/C10H15N3O2/c1-8(14)7-10(15)11-5-3-9-4-6-12-13(9)2/h4,6H,3,5,7H2,1-2H3,(H,11,15). The van der Waals surface area contributed by atoms with Crippen LogP contribution in [0.2, 0.25) is 0 Å². The first-order chi connectivity index (χ1) is 7.09. The van der Waals surface area contributed by atoms with E-state index in [0.717, 1.165) is 12.1 Å². The molecular formula is C10H15N3O2. The van der Waals surface area contributed by atoms with Gasteiger partial charge in [0.15, 0.2) is 0 Å². The molecule has 0 fully saturated rings. The van der Waals surface area contributed by atoms with Crippen LogP contribution in [0.3, 0.4) is 0 Å². The van der Waals surface area contributed by atoms with Crippen molar-refractivity contribution in [2.24, 2.45) is 7.05 Å². The average Bonchev–Trinajstić information content (AvgIpc) is 2.50. The number of aromatic nitrogens is 2. The van der Waals surface area contributed by atoms with Gasteiger partial charge in [0.1, 0.15) is 5.78 Å². The fourth-order valence-corrected chi connectivity index (χ4v) is 1.27. The van der Waals surface area contributed by atoms with Crippen molar-refractivity contribution in [2.75, 3.05) is 6.54 Å². The Morgan fingerprint density at radius 1 is 1.53 bits per heavy atom. The van der Waals surface area contributed by atoms with E-state index in [0.29, 0.717) is 6.54 Å². The van der Waals surface area contributed by atoms with Crippen LogP contribution in [0.1, 0.15) is 19.0 Å². The molecule has 0 radical (unpaired) electrons. The van der Waals surface area contributed by atoms with Crippen LogP contribution >= 0.6 is 0 Å². The Hall–Kier alpha value is -1.65. The van der Waals surface area contributed by atoms with E-state index in [9.17, 15) is 9.59 Å². The molecule has 0 saturated carbocycles. The highest BCUT2D eigenvalue weighted by Crippen LogP contribution is 1.96. The Kier molecular flexibility index (Phi) is 4.03. The first kappa shape index (κ1) is 11.4. The van der Waals surface area contributed by atoms with Crippen molar-refractivity contribution in [2.45, 2.75) is 19.8 Å². The first-order valence-corrected chi connectivity index (χ1v) is 4.82. The van der Waals surface area contributed by atoms with Gasteiger partial charge in [0.05, 0.1) is 6.42 Å². The maximum Gasteiger partial charge on any atom is 0.227 e. The van der Waals surface area contributed by atoms with E-state index < -0.39 is 0 Å². The monoisotopic (exact) mass is 209 g/mol. The number of aryl methyl sites for hydroxylation is 1. The SMILES string of the molecule is CC(=O)CC(=O)NCCc1ccnn1C. The number of rotatable bonds is 5. The molecule has 0 aliphatic heterocycles. The molecule has 0 aliphatic carbocycles. The summed E-state index contributed by atoms with van der Waals surface area (Å²) in [5.74, 6) is -0.335. The average molecular weight is 209 g/mol. The molecular weight excluding hydrogens is 194 g/mol. The van der Waals surface area contributed by atoms with E-state index in [1.165, 1.54) is 6.92 Å². The van der Waals surface area contributed by atoms with Gasteiger partial charge in [-0.05, 0) is 13.0 Å². The van der Waals surface area contributed by atoms with Crippen LogP contribution in [0, 0.1) is 0 Å². The summed E-state index contributed by atoms with van der Waals surface area (Å²) in [6.07, 6.45) is 2.40. The third-order valence-corrected chi connectivity index (χ3v) is 2.04. The van der Waals surface area contributed by atoms with Gasteiger partial charge in [-0.1, -0.05) is 0 Å². The highest BCUT2D eigenvalue weighted by atomic mass is 16.2. The van der Waals surface area contributed by atoms with E-state index in [-0.39, 0.29) is 18.1 Å². The molecule has 1 aromatic rings. The Morgan fingerprint density at radius 3 is 2.80 bits per heavy atom. The summed E-state index contributed by atoms with van der Waals surface area (Å²) in [4.78, 5) is 21.7. The van der Waals surface area contributed by atoms with E-state index >= 15 is 0 Å². The number of nitrogens with zero attached hydrogens (tertiary/aromatic N) is 2. The Morgan fingerprint density at radius 2 is 2.27 bits per heavy atom. The van der Waals surface area contributed by atoms with E-state index in [1.54, 1.807) is 10.9 Å². The number of hydrogen-bond acceptors (Lipinski definition) is 3. The molecule has 1 rings (SSSR count). The Labute approximate surface area is 88.5 Å². The molecule has 1 heterocycles. The van der Waals surface area contributed by atoms with Crippen LogP contribution in [0.4, 0.5) is 0 Å². The second kappa shape index (κ2) is 5.29. The molecule has 0 saturated heterocycles. The van der Waals surface area contributed by atoms with Gasteiger partial charge in [-0.2, -0.15) is 5.10 Å². The topological polar surface area (TPSA) is 64.0 Å². The van der Waals surface area contributed by atoms with Crippen LogP contribution in [-0.2, 0) is 23.1 Å². The minimum absolute atomic E-state index is 0.0363. The van der Waals surface area contributed by atoms with Crippen LogP contribution < -0.4 is 5.32 Å². The van der Waals surface area contributed by atoms with Gasteiger partial charge in [-0.25, -0.2) is 0 Å². The third kappa shape index (κ3) is 3.93. The van der Waals surface area contributed by atoms with Gasteiger partial charge in [-0.15, -0.1) is 0 Å².